The number of cyclic esters (lactones) is 1. The number of nitrogens with one attached hydrogen (secondary N) is 2. The van der Waals surface area contributed by atoms with Crippen LogP contribution in [0.4, 0.5) is 0 Å². The van der Waals surface area contributed by atoms with Crippen molar-refractivity contribution in [1.29, 1.82) is 0 Å². The predicted molar refractivity (Wildman–Crippen MR) is 131 cm³/mol. The first-order valence-corrected chi connectivity index (χ1v) is 12.8. The lowest BCUT2D eigenvalue weighted by Crippen LogP contribution is -2.45. The first-order chi connectivity index (χ1) is 16.0. The van der Waals surface area contributed by atoms with Crippen LogP contribution < -0.4 is 10.6 Å². The second kappa shape index (κ2) is 15.5. The quantitative estimate of drug-likeness (QED) is 0.394. The van der Waals surface area contributed by atoms with Crippen LogP contribution in [0.3, 0.4) is 0 Å². The van der Waals surface area contributed by atoms with E-state index in [1.54, 1.807) is 18.7 Å². The molecule has 0 fully saturated rings. The summed E-state index contributed by atoms with van der Waals surface area (Å²) >= 11 is 1.66. The number of carbonyl (C=O) groups excluding carboxylic acids is 3. The lowest BCUT2D eigenvalue weighted by Gasteiger charge is -2.23. The summed E-state index contributed by atoms with van der Waals surface area (Å²) in [6.45, 7) is 1.66. The van der Waals surface area contributed by atoms with Crippen molar-refractivity contribution < 1.29 is 24.2 Å². The molecule has 0 bridgehead atoms. The molecule has 3 N–H and O–H groups in total. The maximum Gasteiger partial charge on any atom is 0.305 e. The number of aliphatic hydroxyl groups excluding tert-OH is 1. The average molecular weight is 477 g/mol. The van der Waals surface area contributed by atoms with Gasteiger partial charge in [0.1, 0.15) is 6.61 Å². The fraction of sp³-hybridized carbons (Fsp3) is 0.560. The van der Waals surface area contributed by atoms with Gasteiger partial charge in [-0.2, -0.15) is 11.8 Å². The van der Waals surface area contributed by atoms with Crippen molar-refractivity contribution in [3.05, 3.63) is 48.0 Å². The number of rotatable bonds is 8. The lowest BCUT2D eigenvalue weighted by molar-refractivity contribution is -0.145. The Balaban J connectivity index is 2.04. The van der Waals surface area contributed by atoms with Crippen LogP contribution in [0.1, 0.15) is 51.0 Å². The number of carbonyl (C=O) groups is 3. The first-order valence-electron chi connectivity index (χ1n) is 11.6. The first kappa shape index (κ1) is 26.9. The van der Waals surface area contributed by atoms with E-state index < -0.39 is 5.92 Å². The van der Waals surface area contributed by atoms with E-state index in [0.717, 1.165) is 25.0 Å². The highest BCUT2D eigenvalue weighted by Gasteiger charge is 2.25. The van der Waals surface area contributed by atoms with Crippen molar-refractivity contribution >= 4 is 29.5 Å². The van der Waals surface area contributed by atoms with Crippen LogP contribution in [0, 0.1) is 5.92 Å². The third-order valence-electron chi connectivity index (χ3n) is 5.30. The van der Waals surface area contributed by atoms with Gasteiger partial charge in [-0.3, -0.25) is 14.4 Å². The molecular weight excluding hydrogens is 440 g/mol. The lowest BCUT2D eigenvalue weighted by atomic mass is 9.98. The minimum Gasteiger partial charge on any atom is -0.463 e. The number of benzene rings is 1. The van der Waals surface area contributed by atoms with Crippen LogP contribution in [-0.2, 0) is 24.9 Å². The summed E-state index contributed by atoms with van der Waals surface area (Å²) in [5.41, 5.74) is 1.18. The highest BCUT2D eigenvalue weighted by Crippen LogP contribution is 2.16. The topological polar surface area (TPSA) is 105 Å². The number of aliphatic hydroxyl groups is 1. The molecular formula is C25H36N2O5S. The number of esters is 1. The zero-order valence-electron chi connectivity index (χ0n) is 19.3. The summed E-state index contributed by atoms with van der Waals surface area (Å²) in [6.07, 6.45) is 7.24. The molecule has 2 rings (SSSR count). The summed E-state index contributed by atoms with van der Waals surface area (Å²) in [5, 5.41) is 14.9. The molecule has 0 saturated carbocycles. The van der Waals surface area contributed by atoms with E-state index in [4.69, 9.17) is 4.74 Å². The van der Waals surface area contributed by atoms with Crippen LogP contribution in [0.2, 0.25) is 0 Å². The number of hydrogen-bond donors (Lipinski definition) is 3. The van der Waals surface area contributed by atoms with Gasteiger partial charge in [0.2, 0.25) is 11.8 Å². The molecule has 1 aromatic carbocycles. The normalized spacial score (nSPS) is 21.4. The summed E-state index contributed by atoms with van der Waals surface area (Å²) in [5.74, 6) is 0.0844. The van der Waals surface area contributed by atoms with Crippen molar-refractivity contribution in [2.75, 3.05) is 19.0 Å². The van der Waals surface area contributed by atoms with Crippen molar-refractivity contribution in [2.24, 2.45) is 5.92 Å². The highest BCUT2D eigenvalue weighted by atomic mass is 32.2. The van der Waals surface area contributed by atoms with Gasteiger partial charge in [-0.25, -0.2) is 0 Å². The number of ether oxygens (including phenoxy) is 1. The Kier molecular flexibility index (Phi) is 12.7. The third-order valence-corrected chi connectivity index (χ3v) is 6.47. The zero-order valence-corrected chi connectivity index (χ0v) is 20.1. The van der Waals surface area contributed by atoms with Gasteiger partial charge in [0.25, 0.3) is 0 Å². The minimum absolute atomic E-state index is 0.0319. The van der Waals surface area contributed by atoms with Gasteiger partial charge >= 0.3 is 5.97 Å². The Bertz CT molecular complexity index is 771. The molecule has 2 amide bonds. The monoisotopic (exact) mass is 476 g/mol. The van der Waals surface area contributed by atoms with Gasteiger partial charge in [0.15, 0.2) is 0 Å². The standard InChI is InChI=1S/C25H36N2O5S/c1-19(15-28)26-23(29)14-21-12-8-3-2-4-9-13-24(30)32-16-22(27-25(21)31)18-33-17-20-10-6-5-7-11-20/h3,5-8,10-11,19,21-22,28H,2,4,9,12-18H2,1H3,(H,26,29)(H,27,31)/t19-,21+,22+/m0/s1. The molecule has 7 nitrogen and oxygen atoms in total. The van der Waals surface area contributed by atoms with Gasteiger partial charge < -0.3 is 20.5 Å². The third kappa shape index (κ3) is 11.4. The van der Waals surface area contributed by atoms with Crippen LogP contribution in [0.25, 0.3) is 0 Å². The molecule has 0 spiro atoms. The smallest absolute Gasteiger partial charge is 0.305 e. The molecule has 0 radical (unpaired) electrons. The van der Waals surface area contributed by atoms with E-state index in [9.17, 15) is 19.5 Å². The maximum absolute atomic E-state index is 13.1. The molecule has 8 heteroatoms. The summed E-state index contributed by atoms with van der Waals surface area (Å²) in [6, 6.07) is 9.34. The molecule has 33 heavy (non-hydrogen) atoms. The molecule has 1 aromatic rings. The SMILES string of the molecule is C[C@@H](CO)NC(=O)C[C@H]1CC=CCCCCC(=O)OC[C@H](CSCc2ccccc2)NC1=O. The van der Waals surface area contributed by atoms with E-state index in [2.05, 4.69) is 10.6 Å². The molecule has 0 saturated heterocycles. The van der Waals surface area contributed by atoms with Gasteiger partial charge in [0.05, 0.1) is 18.6 Å². The Labute approximate surface area is 200 Å². The number of allylic oxidation sites excluding steroid dienone is 2. The second-order valence-corrected chi connectivity index (χ2v) is 9.42. The van der Waals surface area contributed by atoms with Crippen LogP contribution >= 0.6 is 11.8 Å². The van der Waals surface area contributed by atoms with Gasteiger partial charge in [-0.1, -0.05) is 42.5 Å². The largest absolute Gasteiger partial charge is 0.463 e. The average Bonchev–Trinajstić information content (AvgIpc) is 2.80. The van der Waals surface area contributed by atoms with E-state index in [1.165, 1.54) is 5.56 Å². The molecule has 1 aliphatic heterocycles. The van der Waals surface area contributed by atoms with Crippen molar-refractivity contribution in [2.45, 2.75) is 63.3 Å². The Morgan fingerprint density at radius 2 is 2.03 bits per heavy atom. The Hall–Kier alpha value is -2.32. The van der Waals surface area contributed by atoms with Crippen LogP contribution in [-0.4, -0.2) is 53.9 Å². The van der Waals surface area contributed by atoms with Gasteiger partial charge in [-0.15, -0.1) is 0 Å². The summed E-state index contributed by atoms with van der Waals surface area (Å²) in [7, 11) is 0. The Morgan fingerprint density at radius 3 is 2.79 bits per heavy atom. The Morgan fingerprint density at radius 1 is 1.24 bits per heavy atom. The van der Waals surface area contributed by atoms with Crippen molar-refractivity contribution in [1.82, 2.24) is 10.6 Å². The van der Waals surface area contributed by atoms with Crippen molar-refractivity contribution in [3.63, 3.8) is 0 Å². The van der Waals surface area contributed by atoms with Gasteiger partial charge in [0, 0.05) is 30.4 Å². The van der Waals surface area contributed by atoms with Crippen molar-refractivity contribution in [3.8, 4) is 0 Å². The molecule has 1 heterocycles. The molecule has 1 aliphatic rings. The molecule has 3 atom stereocenters. The number of thioether (sulfide) groups is 1. The van der Waals surface area contributed by atoms with Crippen LogP contribution in [0.15, 0.2) is 42.5 Å². The minimum atomic E-state index is -0.535. The molecule has 182 valence electrons. The fourth-order valence-corrected chi connectivity index (χ4v) is 4.42. The highest BCUT2D eigenvalue weighted by molar-refractivity contribution is 7.98. The van der Waals surface area contributed by atoms with Gasteiger partial charge in [-0.05, 0) is 38.2 Å². The van der Waals surface area contributed by atoms with E-state index in [-0.39, 0.29) is 49.5 Å². The zero-order chi connectivity index (χ0) is 23.9. The summed E-state index contributed by atoms with van der Waals surface area (Å²) in [4.78, 5) is 37.5. The molecule has 0 aromatic heterocycles. The fourth-order valence-electron chi connectivity index (χ4n) is 3.41. The van der Waals surface area contributed by atoms with E-state index in [0.29, 0.717) is 18.6 Å². The summed E-state index contributed by atoms with van der Waals surface area (Å²) < 4.78 is 5.44. The second-order valence-electron chi connectivity index (χ2n) is 8.39. The van der Waals surface area contributed by atoms with E-state index >= 15 is 0 Å². The number of hydrogen-bond acceptors (Lipinski definition) is 6. The number of amides is 2. The molecule has 0 aliphatic carbocycles. The predicted octanol–water partition coefficient (Wildman–Crippen LogP) is 2.97. The maximum atomic E-state index is 13.1. The van der Waals surface area contributed by atoms with E-state index in [1.807, 2.05) is 42.5 Å². The molecule has 0 unspecified atom stereocenters. The van der Waals surface area contributed by atoms with Crippen LogP contribution in [0.5, 0.6) is 0 Å².